The van der Waals surface area contributed by atoms with E-state index in [1.54, 1.807) is 0 Å². The van der Waals surface area contributed by atoms with Gasteiger partial charge in [-0.2, -0.15) is 0 Å². The molecular weight excluding hydrogens is 224 g/mol. The third kappa shape index (κ3) is 0.712. The minimum Gasteiger partial charge on any atom is -0.469 e. The van der Waals surface area contributed by atoms with Crippen LogP contribution in [-0.2, 0) is 23.8 Å². The summed E-state index contributed by atoms with van der Waals surface area (Å²) in [6.07, 6.45) is 0.890. The van der Waals surface area contributed by atoms with Gasteiger partial charge in [-0.15, -0.1) is 0 Å². The molecule has 0 spiro atoms. The first-order valence-electron chi connectivity index (χ1n) is 5.96. The molecule has 1 aliphatic heterocycles. The number of hydrogen-bond acceptors (Lipinski definition) is 5. The lowest BCUT2D eigenvalue weighted by Crippen LogP contribution is -2.45. The average molecular weight is 238 g/mol. The number of fused-ring (bicyclic) bond motifs is 1. The van der Waals surface area contributed by atoms with Crippen molar-refractivity contribution in [3.05, 3.63) is 0 Å². The molecule has 6 atom stereocenters. The first-order valence-corrected chi connectivity index (χ1v) is 5.96. The Kier molecular flexibility index (Phi) is 1.51. The molecule has 4 aliphatic rings. The number of hydrogen-bond donors (Lipinski definition) is 0. The van der Waals surface area contributed by atoms with E-state index in [0.717, 1.165) is 6.42 Å². The van der Waals surface area contributed by atoms with Gasteiger partial charge in [0.15, 0.2) is 5.78 Å². The van der Waals surface area contributed by atoms with Gasteiger partial charge in [0.1, 0.15) is 0 Å². The van der Waals surface area contributed by atoms with E-state index >= 15 is 0 Å². The van der Waals surface area contributed by atoms with E-state index in [2.05, 4.69) is 0 Å². The maximum absolute atomic E-state index is 12.4. The van der Waals surface area contributed by atoms with Gasteiger partial charge in [-0.25, -0.2) is 0 Å². The number of carbonyl (C=O) groups is 2. The van der Waals surface area contributed by atoms with Crippen molar-refractivity contribution in [2.24, 2.45) is 29.1 Å². The van der Waals surface area contributed by atoms with Gasteiger partial charge in [0.25, 0.3) is 0 Å². The standard InChI is InChI=1S/C12H14O5/c1-15-10(14)11-6-3-5-4-17-12(16-2,8(5)11)9(13)7(6)11/h5-8H,3-4H2,1-2H3/t5-,6+,7+,8+,11-,12+/m0/s1. The summed E-state index contributed by atoms with van der Waals surface area (Å²) in [6.45, 7) is 0.520. The maximum atomic E-state index is 12.4. The molecule has 4 fully saturated rings. The van der Waals surface area contributed by atoms with Crippen LogP contribution < -0.4 is 0 Å². The topological polar surface area (TPSA) is 61.8 Å². The van der Waals surface area contributed by atoms with Crippen LogP contribution in [0.1, 0.15) is 6.42 Å². The molecule has 3 saturated carbocycles. The number of esters is 1. The van der Waals surface area contributed by atoms with Gasteiger partial charge < -0.3 is 14.2 Å². The molecule has 0 N–H and O–H groups in total. The summed E-state index contributed by atoms with van der Waals surface area (Å²) in [7, 11) is 2.88. The Morgan fingerprint density at radius 2 is 2.24 bits per heavy atom. The zero-order valence-corrected chi connectivity index (χ0v) is 9.76. The van der Waals surface area contributed by atoms with Gasteiger partial charge in [0.05, 0.1) is 19.1 Å². The molecule has 1 saturated heterocycles. The molecule has 1 heterocycles. The van der Waals surface area contributed by atoms with E-state index in [1.165, 1.54) is 14.2 Å². The third-order valence-corrected chi connectivity index (χ3v) is 5.35. The Bertz CT molecular complexity index is 446. The molecule has 0 bridgehead atoms. The Morgan fingerprint density at radius 1 is 1.47 bits per heavy atom. The monoisotopic (exact) mass is 238 g/mol. The Balaban J connectivity index is 1.89. The molecule has 0 amide bonds. The van der Waals surface area contributed by atoms with Crippen LogP contribution in [0.3, 0.4) is 0 Å². The maximum Gasteiger partial charge on any atom is 0.313 e. The van der Waals surface area contributed by atoms with Crippen molar-refractivity contribution < 1.29 is 23.8 Å². The van der Waals surface area contributed by atoms with Crippen molar-refractivity contribution in [2.45, 2.75) is 12.2 Å². The fourth-order valence-electron chi connectivity index (χ4n) is 4.91. The van der Waals surface area contributed by atoms with Crippen LogP contribution >= 0.6 is 0 Å². The summed E-state index contributed by atoms with van der Waals surface area (Å²) in [5, 5.41) is 0. The number of ether oxygens (including phenoxy) is 3. The second-order valence-electron chi connectivity index (χ2n) is 5.53. The molecular formula is C12H14O5. The second kappa shape index (κ2) is 2.57. The summed E-state index contributed by atoms with van der Waals surface area (Å²) in [5.74, 6) is -1.37. The molecule has 92 valence electrons. The molecule has 0 aromatic rings. The molecule has 3 aliphatic carbocycles. The van der Waals surface area contributed by atoms with Gasteiger partial charge in [-0.3, -0.25) is 9.59 Å². The van der Waals surface area contributed by atoms with Crippen molar-refractivity contribution >= 4 is 11.8 Å². The van der Waals surface area contributed by atoms with Crippen molar-refractivity contribution in [1.82, 2.24) is 0 Å². The molecule has 0 radical (unpaired) electrons. The highest BCUT2D eigenvalue weighted by molar-refractivity contribution is 6.05. The SMILES string of the molecule is COC(=O)[C@@]12[C@@H]3C[C@H]4CO[C@@](OC)(C(=O)[C@@H]31)[C@H]42. The van der Waals surface area contributed by atoms with Crippen molar-refractivity contribution in [2.75, 3.05) is 20.8 Å². The highest BCUT2D eigenvalue weighted by Gasteiger charge is 2.93. The lowest BCUT2D eigenvalue weighted by molar-refractivity contribution is -0.212. The fraction of sp³-hybridized carbons (Fsp3) is 0.833. The zero-order chi connectivity index (χ0) is 12.0. The number of Topliss-reactive ketones (excluding diaryl/α,β-unsaturated/α-hetero) is 1. The quantitative estimate of drug-likeness (QED) is 0.633. The molecule has 17 heavy (non-hydrogen) atoms. The van der Waals surface area contributed by atoms with Crippen LogP contribution in [-0.4, -0.2) is 38.4 Å². The van der Waals surface area contributed by atoms with Crippen LogP contribution in [0.5, 0.6) is 0 Å². The molecule has 0 unspecified atom stereocenters. The van der Waals surface area contributed by atoms with Crippen LogP contribution in [0.4, 0.5) is 0 Å². The zero-order valence-electron chi connectivity index (χ0n) is 9.76. The van der Waals surface area contributed by atoms with Gasteiger partial charge in [0, 0.05) is 18.9 Å². The number of ketones is 1. The Morgan fingerprint density at radius 3 is 2.88 bits per heavy atom. The van der Waals surface area contributed by atoms with Gasteiger partial charge in [-0.1, -0.05) is 0 Å². The first kappa shape index (κ1) is 10.0. The lowest BCUT2D eigenvalue weighted by Gasteiger charge is -2.29. The fourth-order valence-corrected chi connectivity index (χ4v) is 4.91. The molecule has 0 aromatic carbocycles. The summed E-state index contributed by atoms with van der Waals surface area (Å²) < 4.78 is 15.9. The smallest absolute Gasteiger partial charge is 0.313 e. The van der Waals surface area contributed by atoms with Crippen molar-refractivity contribution in [3.8, 4) is 0 Å². The summed E-state index contributed by atoms with van der Waals surface area (Å²) in [5.41, 5.74) is -0.622. The van der Waals surface area contributed by atoms with E-state index in [4.69, 9.17) is 14.2 Å². The van der Waals surface area contributed by atoms with E-state index in [9.17, 15) is 9.59 Å². The molecule has 5 nitrogen and oxygen atoms in total. The van der Waals surface area contributed by atoms with Crippen LogP contribution in [0.25, 0.3) is 0 Å². The lowest BCUT2D eigenvalue weighted by atomic mass is 9.84. The first-order chi connectivity index (χ1) is 8.14. The predicted molar refractivity (Wildman–Crippen MR) is 53.7 cm³/mol. The van der Waals surface area contributed by atoms with Crippen molar-refractivity contribution in [1.29, 1.82) is 0 Å². The third-order valence-electron chi connectivity index (χ3n) is 5.35. The molecule has 5 heteroatoms. The molecule has 4 rings (SSSR count). The highest BCUT2D eigenvalue weighted by Crippen LogP contribution is 2.82. The predicted octanol–water partition coefficient (Wildman–Crippen LogP) is -0.0165. The highest BCUT2D eigenvalue weighted by atomic mass is 16.7. The van der Waals surface area contributed by atoms with Gasteiger partial charge >= 0.3 is 5.97 Å². The van der Waals surface area contributed by atoms with Gasteiger partial charge in [-0.05, 0) is 18.3 Å². The summed E-state index contributed by atoms with van der Waals surface area (Å²) in [6, 6.07) is 0. The largest absolute Gasteiger partial charge is 0.469 e. The van der Waals surface area contributed by atoms with E-state index < -0.39 is 11.2 Å². The van der Waals surface area contributed by atoms with Crippen LogP contribution in [0.15, 0.2) is 0 Å². The second-order valence-corrected chi connectivity index (χ2v) is 5.53. The van der Waals surface area contributed by atoms with E-state index in [0.29, 0.717) is 6.61 Å². The summed E-state index contributed by atoms with van der Waals surface area (Å²) in [4.78, 5) is 24.5. The minimum absolute atomic E-state index is 0.0413. The minimum atomic E-state index is -1.16. The van der Waals surface area contributed by atoms with Crippen LogP contribution in [0, 0.1) is 29.1 Å². The Labute approximate surface area is 98.4 Å². The number of carbonyl (C=O) groups excluding carboxylic acids is 2. The van der Waals surface area contributed by atoms with Crippen molar-refractivity contribution in [3.63, 3.8) is 0 Å². The van der Waals surface area contributed by atoms with Crippen LogP contribution in [0.2, 0.25) is 0 Å². The van der Waals surface area contributed by atoms with E-state index in [1.807, 2.05) is 0 Å². The normalized spacial score (nSPS) is 57.2. The Hall–Kier alpha value is -0.940. The number of rotatable bonds is 2. The van der Waals surface area contributed by atoms with E-state index in [-0.39, 0.29) is 35.4 Å². The summed E-state index contributed by atoms with van der Waals surface area (Å²) >= 11 is 0. The average Bonchev–Trinajstić information content (AvgIpc) is 2.62. The van der Waals surface area contributed by atoms with Gasteiger partial charge in [0.2, 0.25) is 5.79 Å². The molecule has 0 aromatic heterocycles. The number of methoxy groups -OCH3 is 2.